The lowest BCUT2D eigenvalue weighted by atomic mass is 9.77. The zero-order valence-corrected chi connectivity index (χ0v) is 15.8. The van der Waals surface area contributed by atoms with Gasteiger partial charge in [0.1, 0.15) is 5.82 Å². The zero-order chi connectivity index (χ0) is 18.4. The second kappa shape index (κ2) is 6.44. The molecule has 6 heteroatoms. The molecule has 1 unspecified atom stereocenters. The Hall–Kier alpha value is -2.21. The molecule has 2 aromatic heterocycles. The summed E-state index contributed by atoms with van der Waals surface area (Å²) in [5, 5.41) is 0. The molecule has 1 atom stereocenters. The highest BCUT2D eigenvalue weighted by atomic mass is 16.5. The summed E-state index contributed by atoms with van der Waals surface area (Å²) in [5.74, 6) is 2.10. The van der Waals surface area contributed by atoms with Gasteiger partial charge in [0.15, 0.2) is 0 Å². The van der Waals surface area contributed by atoms with Crippen molar-refractivity contribution < 1.29 is 4.74 Å². The van der Waals surface area contributed by atoms with Crippen LogP contribution in [0.25, 0.3) is 0 Å². The highest BCUT2D eigenvalue weighted by molar-refractivity contribution is 5.35. The third-order valence-corrected chi connectivity index (χ3v) is 6.45. The van der Waals surface area contributed by atoms with Crippen molar-refractivity contribution in [2.24, 2.45) is 0 Å². The monoisotopic (exact) mass is 366 g/mol. The van der Waals surface area contributed by atoms with E-state index in [0.717, 1.165) is 80.8 Å². The fraction of sp³-hybridized carbons (Fsp3) is 0.571. The smallest absolute Gasteiger partial charge is 0.254 e. The van der Waals surface area contributed by atoms with Gasteiger partial charge in [0.2, 0.25) is 5.88 Å². The van der Waals surface area contributed by atoms with E-state index in [1.807, 2.05) is 6.07 Å². The first-order valence-electron chi connectivity index (χ1n) is 10.0. The molecule has 3 heterocycles. The first-order chi connectivity index (χ1) is 13.2. The van der Waals surface area contributed by atoms with Crippen molar-refractivity contribution in [2.45, 2.75) is 56.4 Å². The van der Waals surface area contributed by atoms with Crippen molar-refractivity contribution in [2.75, 3.05) is 20.2 Å². The fourth-order valence-electron chi connectivity index (χ4n) is 4.95. The Balaban J connectivity index is 1.44. The van der Waals surface area contributed by atoms with Crippen LogP contribution in [0.1, 0.15) is 60.7 Å². The highest BCUT2D eigenvalue weighted by Gasteiger charge is 2.45. The summed E-state index contributed by atoms with van der Waals surface area (Å²) in [7, 11) is 1.67. The summed E-state index contributed by atoms with van der Waals surface area (Å²) in [6.45, 7) is 2.85. The fourth-order valence-corrected chi connectivity index (χ4v) is 4.95. The normalized spacial score (nSPS) is 24.9. The molecule has 1 saturated carbocycles. The Kier molecular flexibility index (Phi) is 4.04. The quantitative estimate of drug-likeness (QED) is 0.900. The van der Waals surface area contributed by atoms with Crippen molar-refractivity contribution >= 4 is 0 Å². The number of piperidine rings is 1. The van der Waals surface area contributed by atoms with E-state index in [4.69, 9.17) is 9.72 Å². The van der Waals surface area contributed by atoms with E-state index < -0.39 is 0 Å². The van der Waals surface area contributed by atoms with Crippen LogP contribution in [0.3, 0.4) is 0 Å². The predicted octanol–water partition coefficient (Wildman–Crippen LogP) is 2.53. The molecule has 1 spiro atoms. The van der Waals surface area contributed by atoms with E-state index in [0.29, 0.717) is 11.8 Å². The number of aromatic amines is 1. The molecule has 6 nitrogen and oxygen atoms in total. The van der Waals surface area contributed by atoms with E-state index in [2.05, 4.69) is 20.9 Å². The lowest BCUT2D eigenvalue weighted by Crippen LogP contribution is -2.45. The van der Waals surface area contributed by atoms with Gasteiger partial charge in [-0.05, 0) is 51.1 Å². The maximum atomic E-state index is 12.6. The molecular formula is C21H26N4O2. The van der Waals surface area contributed by atoms with E-state index in [1.165, 1.54) is 0 Å². The lowest BCUT2D eigenvalue weighted by molar-refractivity contribution is 0.135. The number of rotatable bonds is 4. The van der Waals surface area contributed by atoms with E-state index >= 15 is 0 Å². The van der Waals surface area contributed by atoms with Crippen molar-refractivity contribution in [3.8, 4) is 5.88 Å². The van der Waals surface area contributed by atoms with E-state index in [1.54, 1.807) is 13.3 Å². The molecule has 1 aliphatic heterocycles. The van der Waals surface area contributed by atoms with Gasteiger partial charge in [0.25, 0.3) is 5.56 Å². The number of pyridine rings is 1. The summed E-state index contributed by atoms with van der Waals surface area (Å²) < 4.78 is 5.43. The summed E-state index contributed by atoms with van der Waals surface area (Å²) in [6, 6.07) is 4.05. The van der Waals surface area contributed by atoms with Crippen LogP contribution in [0, 0.1) is 0 Å². The number of hydrogen-bond acceptors (Lipinski definition) is 5. The predicted molar refractivity (Wildman–Crippen MR) is 102 cm³/mol. The topological polar surface area (TPSA) is 71.1 Å². The maximum absolute atomic E-state index is 12.6. The molecule has 2 aliphatic carbocycles. The molecule has 3 aliphatic rings. The zero-order valence-electron chi connectivity index (χ0n) is 15.8. The van der Waals surface area contributed by atoms with Crippen molar-refractivity contribution in [1.82, 2.24) is 19.9 Å². The summed E-state index contributed by atoms with van der Waals surface area (Å²) >= 11 is 0. The van der Waals surface area contributed by atoms with Crippen LogP contribution in [0.4, 0.5) is 0 Å². The standard InChI is InChI=1S/C21H26N4O2/c1-27-20-15(4-2-10-22-20)12-25-11-3-8-21(13-25)9-7-16-17(21)23-18(14-5-6-14)24-19(16)26/h2,4,10,14H,3,5-9,11-13H2,1H3,(H,23,24,26). The second-order valence-corrected chi connectivity index (χ2v) is 8.32. The average Bonchev–Trinajstić information content (AvgIpc) is 3.47. The molecule has 1 N–H and O–H groups in total. The first-order valence-corrected chi connectivity index (χ1v) is 10.0. The minimum Gasteiger partial charge on any atom is -0.481 e. The van der Waals surface area contributed by atoms with Crippen LogP contribution < -0.4 is 10.3 Å². The maximum Gasteiger partial charge on any atom is 0.254 e. The van der Waals surface area contributed by atoms with Crippen LogP contribution in [0.15, 0.2) is 23.1 Å². The van der Waals surface area contributed by atoms with Crippen molar-refractivity contribution in [3.05, 3.63) is 51.3 Å². The van der Waals surface area contributed by atoms with Gasteiger partial charge in [-0.3, -0.25) is 9.69 Å². The van der Waals surface area contributed by atoms with Gasteiger partial charge in [-0.1, -0.05) is 6.07 Å². The largest absolute Gasteiger partial charge is 0.481 e. The van der Waals surface area contributed by atoms with Gasteiger partial charge >= 0.3 is 0 Å². The number of fused-ring (bicyclic) bond motifs is 2. The molecule has 5 rings (SSSR count). The molecule has 2 aromatic rings. The SMILES string of the molecule is COc1ncccc1CN1CCCC2(CCc3c2nc(C2CC2)[nH]c3=O)C1. The number of likely N-dealkylation sites (tertiary alicyclic amines) is 1. The molecule has 0 amide bonds. The number of aromatic nitrogens is 3. The third kappa shape index (κ3) is 2.96. The molecule has 0 aromatic carbocycles. The molecule has 0 radical (unpaired) electrons. The van der Waals surface area contributed by atoms with E-state index in [-0.39, 0.29) is 11.0 Å². The summed E-state index contributed by atoms with van der Waals surface area (Å²) in [5.41, 5.74) is 3.27. The summed E-state index contributed by atoms with van der Waals surface area (Å²) in [4.78, 5) is 27.5. The molecule has 142 valence electrons. The first kappa shape index (κ1) is 16.9. The van der Waals surface area contributed by atoms with Crippen molar-refractivity contribution in [1.29, 1.82) is 0 Å². The minimum atomic E-state index is 0.0287. The Morgan fingerprint density at radius 1 is 1.37 bits per heavy atom. The number of ether oxygens (including phenoxy) is 1. The minimum absolute atomic E-state index is 0.0287. The van der Waals surface area contributed by atoms with E-state index in [9.17, 15) is 4.79 Å². The van der Waals surface area contributed by atoms with Crippen LogP contribution in [-0.2, 0) is 18.4 Å². The number of H-pyrrole nitrogens is 1. The Bertz CT molecular complexity index is 921. The second-order valence-electron chi connectivity index (χ2n) is 8.32. The van der Waals surface area contributed by atoms with Gasteiger partial charge in [-0.15, -0.1) is 0 Å². The summed E-state index contributed by atoms with van der Waals surface area (Å²) in [6.07, 6.45) is 8.22. The van der Waals surface area contributed by atoms with Crippen LogP contribution >= 0.6 is 0 Å². The van der Waals surface area contributed by atoms with Crippen molar-refractivity contribution in [3.63, 3.8) is 0 Å². The molecular weight excluding hydrogens is 340 g/mol. The number of nitrogens with one attached hydrogen (secondary N) is 1. The Morgan fingerprint density at radius 3 is 3.07 bits per heavy atom. The molecule has 1 saturated heterocycles. The van der Waals surface area contributed by atoms with Gasteiger partial charge in [0.05, 0.1) is 12.8 Å². The van der Waals surface area contributed by atoms with Crippen LogP contribution in [0.2, 0.25) is 0 Å². The van der Waals surface area contributed by atoms with Gasteiger partial charge < -0.3 is 9.72 Å². The molecule has 2 fully saturated rings. The number of nitrogens with zero attached hydrogens (tertiary/aromatic N) is 3. The Labute approximate surface area is 159 Å². The van der Waals surface area contributed by atoms with Gasteiger partial charge in [-0.2, -0.15) is 0 Å². The number of hydrogen-bond donors (Lipinski definition) is 1. The third-order valence-electron chi connectivity index (χ3n) is 6.45. The molecule has 0 bridgehead atoms. The lowest BCUT2D eigenvalue weighted by Gasteiger charge is -2.40. The van der Waals surface area contributed by atoms with Crippen LogP contribution in [-0.4, -0.2) is 40.1 Å². The molecule has 27 heavy (non-hydrogen) atoms. The number of methoxy groups -OCH3 is 1. The average molecular weight is 366 g/mol. The van der Waals surface area contributed by atoms with Gasteiger partial charge in [-0.25, -0.2) is 9.97 Å². The Morgan fingerprint density at radius 2 is 2.26 bits per heavy atom. The van der Waals surface area contributed by atoms with Gasteiger partial charge in [0, 0.05) is 41.7 Å². The highest BCUT2D eigenvalue weighted by Crippen LogP contribution is 2.45. The van der Waals surface area contributed by atoms with Crippen LogP contribution in [0.5, 0.6) is 5.88 Å².